The van der Waals surface area contributed by atoms with Gasteiger partial charge in [0.05, 0.1) is 0 Å². The maximum atomic E-state index is 13.9. The molecule has 1 aliphatic heterocycles. The minimum Gasteiger partial charge on any atom is -0.294 e. The fourth-order valence-electron chi connectivity index (χ4n) is 4.60. The van der Waals surface area contributed by atoms with E-state index in [4.69, 9.17) is 0 Å². The van der Waals surface area contributed by atoms with Crippen molar-refractivity contribution in [3.8, 4) is 0 Å². The Morgan fingerprint density at radius 3 is 2.45 bits per heavy atom. The number of benzene rings is 2. The summed E-state index contributed by atoms with van der Waals surface area (Å²) in [6.07, 6.45) is 2.18. The Morgan fingerprint density at radius 1 is 1.07 bits per heavy atom. The number of hydrogen-bond acceptors (Lipinski definition) is 2. The van der Waals surface area contributed by atoms with Gasteiger partial charge in [-0.3, -0.25) is 14.5 Å². The molecular formula is C25H26FNO2. The van der Waals surface area contributed by atoms with Crippen LogP contribution in [-0.2, 0) is 16.0 Å². The van der Waals surface area contributed by atoms with Gasteiger partial charge in [-0.2, -0.15) is 0 Å². The molecule has 0 aromatic heterocycles. The summed E-state index contributed by atoms with van der Waals surface area (Å²) in [5, 5.41) is 0. The van der Waals surface area contributed by atoms with Crippen molar-refractivity contribution in [3.63, 3.8) is 0 Å². The van der Waals surface area contributed by atoms with Gasteiger partial charge in [-0.1, -0.05) is 45.0 Å². The highest BCUT2D eigenvalue weighted by atomic mass is 19.1. The van der Waals surface area contributed by atoms with Crippen LogP contribution >= 0.6 is 0 Å². The quantitative estimate of drug-likeness (QED) is 0.688. The highest BCUT2D eigenvalue weighted by Crippen LogP contribution is 2.48. The first-order valence-electron chi connectivity index (χ1n) is 10.2. The van der Waals surface area contributed by atoms with Crippen LogP contribution in [0.2, 0.25) is 0 Å². The highest BCUT2D eigenvalue weighted by Gasteiger charge is 2.44. The maximum Gasteiger partial charge on any atom is 0.232 e. The number of rotatable bonds is 3. The summed E-state index contributed by atoms with van der Waals surface area (Å²) in [6, 6.07) is 14.2. The lowest BCUT2D eigenvalue weighted by atomic mass is 9.69. The molecule has 2 aliphatic rings. The summed E-state index contributed by atoms with van der Waals surface area (Å²) < 4.78 is 13.9. The van der Waals surface area contributed by atoms with Gasteiger partial charge >= 0.3 is 0 Å². The van der Waals surface area contributed by atoms with E-state index in [-0.39, 0.29) is 35.3 Å². The van der Waals surface area contributed by atoms with Gasteiger partial charge in [0.2, 0.25) is 5.91 Å². The number of allylic oxidation sites excluding steroid dienone is 2. The first-order chi connectivity index (χ1) is 13.8. The van der Waals surface area contributed by atoms with Gasteiger partial charge in [0.1, 0.15) is 5.82 Å². The van der Waals surface area contributed by atoms with Crippen molar-refractivity contribution in [1.82, 2.24) is 0 Å². The Balaban J connectivity index is 1.87. The van der Waals surface area contributed by atoms with Crippen LogP contribution in [0.3, 0.4) is 0 Å². The standard InChI is InChI=1S/C25H26FNO2/c1-4-16-8-10-19(11-9-16)27-21-14-25(2,3)15-22(28)24(21)20(13-23(27)29)17-6-5-7-18(26)12-17/h5-12,20H,4,13-15H2,1-3H3. The molecule has 0 saturated heterocycles. The summed E-state index contributed by atoms with van der Waals surface area (Å²) in [5.41, 5.74) is 3.92. The fourth-order valence-corrected chi connectivity index (χ4v) is 4.60. The summed E-state index contributed by atoms with van der Waals surface area (Å²) >= 11 is 0. The lowest BCUT2D eigenvalue weighted by Gasteiger charge is -2.43. The zero-order valence-corrected chi connectivity index (χ0v) is 17.2. The van der Waals surface area contributed by atoms with E-state index >= 15 is 0 Å². The molecule has 2 aromatic rings. The number of ketones is 1. The average molecular weight is 391 g/mol. The zero-order chi connectivity index (χ0) is 20.8. The molecule has 4 heteroatoms. The maximum absolute atomic E-state index is 13.9. The third-order valence-electron chi connectivity index (χ3n) is 6.00. The number of amides is 1. The van der Waals surface area contributed by atoms with Crippen molar-refractivity contribution in [2.24, 2.45) is 5.41 Å². The van der Waals surface area contributed by atoms with Crippen LogP contribution in [0.25, 0.3) is 0 Å². The minimum absolute atomic E-state index is 0.0484. The smallest absolute Gasteiger partial charge is 0.232 e. The molecule has 1 unspecified atom stereocenters. The van der Waals surface area contributed by atoms with E-state index in [0.717, 1.165) is 17.8 Å². The predicted molar refractivity (Wildman–Crippen MR) is 112 cm³/mol. The largest absolute Gasteiger partial charge is 0.294 e. The Bertz CT molecular complexity index is 1000. The van der Waals surface area contributed by atoms with Crippen LogP contribution in [0.4, 0.5) is 10.1 Å². The highest BCUT2D eigenvalue weighted by molar-refractivity contribution is 6.07. The lowest BCUT2D eigenvalue weighted by molar-refractivity contribution is -0.121. The molecule has 1 heterocycles. The second kappa shape index (κ2) is 7.25. The van der Waals surface area contributed by atoms with E-state index in [1.165, 1.54) is 17.7 Å². The van der Waals surface area contributed by atoms with E-state index in [0.29, 0.717) is 24.0 Å². The minimum atomic E-state index is -0.386. The number of carbonyl (C=O) groups is 2. The van der Waals surface area contributed by atoms with E-state index in [2.05, 4.69) is 20.8 Å². The van der Waals surface area contributed by atoms with Crippen molar-refractivity contribution in [2.75, 3.05) is 4.90 Å². The van der Waals surface area contributed by atoms with Crippen LogP contribution in [0, 0.1) is 11.2 Å². The lowest BCUT2D eigenvalue weighted by Crippen LogP contribution is -2.43. The fraction of sp³-hybridized carbons (Fsp3) is 0.360. The molecule has 0 N–H and O–H groups in total. The van der Waals surface area contributed by atoms with E-state index in [1.807, 2.05) is 30.3 Å². The van der Waals surface area contributed by atoms with Gasteiger partial charge < -0.3 is 0 Å². The Morgan fingerprint density at radius 2 is 1.79 bits per heavy atom. The van der Waals surface area contributed by atoms with Crippen LogP contribution in [0.5, 0.6) is 0 Å². The number of aryl methyl sites for hydroxylation is 1. The molecule has 0 bridgehead atoms. The molecule has 1 aliphatic carbocycles. The Kier molecular flexibility index (Phi) is 4.89. The van der Waals surface area contributed by atoms with Crippen molar-refractivity contribution >= 4 is 17.4 Å². The molecular weight excluding hydrogens is 365 g/mol. The van der Waals surface area contributed by atoms with Gasteiger partial charge in [0.25, 0.3) is 0 Å². The molecule has 1 atom stereocenters. The number of nitrogens with zero attached hydrogens (tertiary/aromatic N) is 1. The number of hydrogen-bond donors (Lipinski definition) is 0. The van der Waals surface area contributed by atoms with Crippen molar-refractivity contribution < 1.29 is 14.0 Å². The molecule has 1 amide bonds. The first kappa shape index (κ1) is 19.6. The topological polar surface area (TPSA) is 37.4 Å². The normalized spacial score (nSPS) is 21.4. The number of halogens is 1. The van der Waals surface area contributed by atoms with Crippen molar-refractivity contribution in [3.05, 3.63) is 76.7 Å². The Labute approximate surface area is 171 Å². The number of carbonyl (C=O) groups excluding carboxylic acids is 2. The van der Waals surface area contributed by atoms with E-state index in [9.17, 15) is 14.0 Å². The van der Waals surface area contributed by atoms with Crippen LogP contribution in [0.1, 0.15) is 57.1 Å². The van der Waals surface area contributed by atoms with E-state index in [1.54, 1.807) is 11.0 Å². The van der Waals surface area contributed by atoms with Crippen LogP contribution in [-0.4, -0.2) is 11.7 Å². The average Bonchev–Trinajstić information content (AvgIpc) is 2.66. The second-order valence-electron chi connectivity index (χ2n) is 8.86. The number of Topliss-reactive ketones (excluding diaryl/α,β-unsaturated/α-hetero) is 1. The predicted octanol–water partition coefficient (Wildman–Crippen LogP) is 5.55. The summed E-state index contributed by atoms with van der Waals surface area (Å²) in [4.78, 5) is 28.2. The SMILES string of the molecule is CCc1ccc(N2C(=O)CC(c3cccc(F)c3)C3=C2CC(C)(C)CC3=O)cc1. The molecule has 0 spiro atoms. The third-order valence-corrected chi connectivity index (χ3v) is 6.00. The molecule has 150 valence electrons. The Hall–Kier alpha value is -2.75. The molecule has 0 fully saturated rings. The molecule has 3 nitrogen and oxygen atoms in total. The van der Waals surface area contributed by atoms with Gasteiger partial charge in [0.15, 0.2) is 5.78 Å². The van der Waals surface area contributed by atoms with E-state index < -0.39 is 0 Å². The third kappa shape index (κ3) is 3.64. The van der Waals surface area contributed by atoms with Crippen molar-refractivity contribution in [2.45, 2.75) is 52.4 Å². The molecule has 0 saturated carbocycles. The van der Waals surface area contributed by atoms with Crippen molar-refractivity contribution in [1.29, 1.82) is 0 Å². The van der Waals surface area contributed by atoms with Crippen LogP contribution < -0.4 is 4.90 Å². The zero-order valence-electron chi connectivity index (χ0n) is 17.2. The summed E-state index contributed by atoms with van der Waals surface area (Å²) in [7, 11) is 0. The van der Waals surface area contributed by atoms with Gasteiger partial charge in [0, 0.05) is 35.7 Å². The summed E-state index contributed by atoms with van der Waals surface area (Å²) in [6.45, 7) is 6.21. The van der Waals surface area contributed by atoms with Gasteiger partial charge in [-0.05, 0) is 53.6 Å². The van der Waals surface area contributed by atoms with Crippen LogP contribution in [0.15, 0.2) is 59.8 Å². The molecule has 0 radical (unpaired) electrons. The monoisotopic (exact) mass is 391 g/mol. The first-order valence-corrected chi connectivity index (χ1v) is 10.2. The molecule has 4 rings (SSSR count). The molecule has 29 heavy (non-hydrogen) atoms. The summed E-state index contributed by atoms with van der Waals surface area (Å²) in [5.74, 6) is -0.720. The number of anilines is 1. The van der Waals surface area contributed by atoms with Gasteiger partial charge in [-0.25, -0.2) is 4.39 Å². The van der Waals surface area contributed by atoms with Gasteiger partial charge in [-0.15, -0.1) is 0 Å². The second-order valence-corrected chi connectivity index (χ2v) is 8.86. The molecule has 2 aromatic carbocycles.